The van der Waals surface area contributed by atoms with Crippen LogP contribution in [0.5, 0.6) is 0 Å². The molecule has 5 heteroatoms. The van der Waals surface area contributed by atoms with Gasteiger partial charge in [-0.3, -0.25) is 0 Å². The molecule has 1 atom stereocenters. The topological polar surface area (TPSA) is 31.0 Å². The van der Waals surface area contributed by atoms with Crippen LogP contribution < -0.4 is 0 Å². The standard InChI is InChI=1S/C20H14F2N2O/c21-15-6-7-16(17(22)12-15)20(24-11-10-23-13-24)19-9-8-18(25-19)14-4-2-1-3-5-14/h1-13,20H. The van der Waals surface area contributed by atoms with Crippen molar-refractivity contribution in [3.8, 4) is 11.3 Å². The van der Waals surface area contributed by atoms with Crippen LogP contribution in [0.3, 0.4) is 0 Å². The summed E-state index contributed by atoms with van der Waals surface area (Å²) >= 11 is 0. The van der Waals surface area contributed by atoms with Gasteiger partial charge < -0.3 is 8.98 Å². The minimum Gasteiger partial charge on any atom is -0.459 e. The van der Waals surface area contributed by atoms with Crippen molar-refractivity contribution >= 4 is 0 Å². The lowest BCUT2D eigenvalue weighted by atomic mass is 10.0. The lowest BCUT2D eigenvalue weighted by Gasteiger charge is -2.17. The van der Waals surface area contributed by atoms with Gasteiger partial charge in [0.15, 0.2) is 0 Å². The van der Waals surface area contributed by atoms with Gasteiger partial charge in [0.25, 0.3) is 0 Å². The number of hydrogen-bond donors (Lipinski definition) is 0. The highest BCUT2D eigenvalue weighted by Crippen LogP contribution is 2.32. The summed E-state index contributed by atoms with van der Waals surface area (Å²) in [6.07, 6.45) is 4.91. The smallest absolute Gasteiger partial charge is 0.134 e. The molecule has 0 N–H and O–H groups in total. The van der Waals surface area contributed by atoms with Gasteiger partial charge in [-0.05, 0) is 18.2 Å². The summed E-state index contributed by atoms with van der Waals surface area (Å²) in [5, 5.41) is 0. The van der Waals surface area contributed by atoms with Gasteiger partial charge in [-0.1, -0.05) is 36.4 Å². The van der Waals surface area contributed by atoms with Crippen LogP contribution in [-0.4, -0.2) is 9.55 Å². The maximum Gasteiger partial charge on any atom is 0.134 e. The van der Waals surface area contributed by atoms with Crippen molar-refractivity contribution in [1.82, 2.24) is 9.55 Å². The average Bonchev–Trinajstić information content (AvgIpc) is 3.31. The summed E-state index contributed by atoms with van der Waals surface area (Å²) < 4.78 is 35.4. The summed E-state index contributed by atoms with van der Waals surface area (Å²) in [5.41, 5.74) is 1.24. The Kier molecular flexibility index (Phi) is 3.90. The largest absolute Gasteiger partial charge is 0.459 e. The summed E-state index contributed by atoms with van der Waals surface area (Å²) in [6, 6.07) is 16.3. The monoisotopic (exact) mass is 336 g/mol. The maximum absolute atomic E-state index is 14.4. The van der Waals surface area contributed by atoms with Gasteiger partial charge in [0.05, 0.1) is 6.33 Å². The number of nitrogens with zero attached hydrogens (tertiary/aromatic N) is 2. The SMILES string of the molecule is Fc1ccc(C(c2ccc(-c3ccccc3)o2)n2ccnc2)c(F)c1. The van der Waals surface area contributed by atoms with Gasteiger partial charge in [-0.2, -0.15) is 0 Å². The molecule has 1 unspecified atom stereocenters. The van der Waals surface area contributed by atoms with Crippen LogP contribution >= 0.6 is 0 Å². The fraction of sp³-hybridized carbons (Fsp3) is 0.0500. The molecule has 0 radical (unpaired) electrons. The third-order valence-electron chi connectivity index (χ3n) is 4.03. The third-order valence-corrected chi connectivity index (χ3v) is 4.03. The van der Waals surface area contributed by atoms with E-state index < -0.39 is 17.7 Å². The Labute approximate surface area is 143 Å². The summed E-state index contributed by atoms with van der Waals surface area (Å²) in [7, 11) is 0. The van der Waals surface area contributed by atoms with E-state index in [0.717, 1.165) is 11.6 Å². The van der Waals surface area contributed by atoms with Crippen LogP contribution in [0.15, 0.2) is 83.8 Å². The lowest BCUT2D eigenvalue weighted by Crippen LogP contribution is -2.12. The van der Waals surface area contributed by atoms with Crippen LogP contribution in [-0.2, 0) is 0 Å². The first-order chi connectivity index (χ1) is 12.2. The summed E-state index contributed by atoms with van der Waals surface area (Å²) in [4.78, 5) is 4.03. The second-order valence-corrected chi connectivity index (χ2v) is 5.65. The number of imidazole rings is 1. The van der Waals surface area contributed by atoms with E-state index in [4.69, 9.17) is 4.42 Å². The minimum absolute atomic E-state index is 0.313. The van der Waals surface area contributed by atoms with Gasteiger partial charge in [0, 0.05) is 29.6 Å². The molecule has 3 nitrogen and oxygen atoms in total. The molecule has 4 aromatic rings. The second kappa shape index (κ2) is 6.36. The zero-order chi connectivity index (χ0) is 17.2. The van der Waals surface area contributed by atoms with Crippen LogP contribution in [0.4, 0.5) is 8.78 Å². The highest BCUT2D eigenvalue weighted by atomic mass is 19.1. The van der Waals surface area contributed by atoms with E-state index in [2.05, 4.69) is 4.98 Å². The molecule has 0 aliphatic carbocycles. The van der Waals surface area contributed by atoms with E-state index in [9.17, 15) is 8.78 Å². The van der Waals surface area contributed by atoms with E-state index in [1.165, 1.54) is 12.1 Å². The van der Waals surface area contributed by atoms with Crippen LogP contribution in [0.2, 0.25) is 0 Å². The minimum atomic E-state index is -0.628. The van der Waals surface area contributed by atoms with Crippen molar-refractivity contribution in [3.63, 3.8) is 0 Å². The molecule has 0 amide bonds. The van der Waals surface area contributed by atoms with Crippen molar-refractivity contribution in [1.29, 1.82) is 0 Å². The van der Waals surface area contributed by atoms with E-state index in [1.54, 1.807) is 29.4 Å². The molecule has 25 heavy (non-hydrogen) atoms. The Bertz CT molecular complexity index is 978. The Morgan fingerprint density at radius 1 is 0.960 bits per heavy atom. The molecule has 2 heterocycles. The Hall–Kier alpha value is -3.21. The third kappa shape index (κ3) is 2.96. The molecule has 0 aliphatic rings. The highest BCUT2D eigenvalue weighted by molar-refractivity contribution is 5.57. The number of hydrogen-bond acceptors (Lipinski definition) is 2. The molecular formula is C20H14F2N2O. The van der Waals surface area contributed by atoms with E-state index >= 15 is 0 Å². The predicted octanol–water partition coefficient (Wildman–Crippen LogP) is 5.06. The Morgan fingerprint density at radius 2 is 1.80 bits per heavy atom. The zero-order valence-electron chi connectivity index (χ0n) is 13.1. The fourth-order valence-electron chi connectivity index (χ4n) is 2.86. The zero-order valence-corrected chi connectivity index (χ0v) is 13.1. The molecule has 0 saturated heterocycles. The van der Waals surface area contributed by atoms with Crippen LogP contribution in [0.25, 0.3) is 11.3 Å². The van der Waals surface area contributed by atoms with Crippen LogP contribution in [0.1, 0.15) is 17.4 Å². The fourth-order valence-corrected chi connectivity index (χ4v) is 2.86. The molecule has 0 bridgehead atoms. The number of aromatic nitrogens is 2. The van der Waals surface area contributed by atoms with E-state index in [0.29, 0.717) is 17.1 Å². The second-order valence-electron chi connectivity index (χ2n) is 5.65. The normalized spacial score (nSPS) is 12.2. The lowest BCUT2D eigenvalue weighted by molar-refractivity contribution is 0.456. The first-order valence-corrected chi connectivity index (χ1v) is 7.80. The molecule has 4 rings (SSSR count). The summed E-state index contributed by atoms with van der Waals surface area (Å²) in [6.45, 7) is 0. The van der Waals surface area contributed by atoms with E-state index in [1.807, 2.05) is 36.4 Å². The molecule has 0 fully saturated rings. The number of halogens is 2. The molecule has 2 aromatic carbocycles. The molecule has 2 aromatic heterocycles. The van der Waals surface area contributed by atoms with Gasteiger partial charge in [-0.15, -0.1) is 0 Å². The first-order valence-electron chi connectivity index (χ1n) is 7.80. The van der Waals surface area contributed by atoms with Gasteiger partial charge in [-0.25, -0.2) is 13.8 Å². The molecule has 0 spiro atoms. The van der Waals surface area contributed by atoms with Crippen molar-refractivity contribution in [3.05, 3.63) is 102 Å². The Morgan fingerprint density at radius 3 is 2.52 bits per heavy atom. The molecule has 0 saturated carbocycles. The maximum atomic E-state index is 14.4. The van der Waals surface area contributed by atoms with Gasteiger partial charge in [0.1, 0.15) is 29.2 Å². The predicted molar refractivity (Wildman–Crippen MR) is 90.0 cm³/mol. The van der Waals surface area contributed by atoms with Gasteiger partial charge in [0.2, 0.25) is 0 Å². The van der Waals surface area contributed by atoms with E-state index in [-0.39, 0.29) is 0 Å². The average molecular weight is 336 g/mol. The quantitative estimate of drug-likeness (QED) is 0.521. The highest BCUT2D eigenvalue weighted by Gasteiger charge is 2.23. The molecule has 124 valence electrons. The first kappa shape index (κ1) is 15.3. The van der Waals surface area contributed by atoms with Crippen molar-refractivity contribution in [2.75, 3.05) is 0 Å². The summed E-state index contributed by atoms with van der Waals surface area (Å²) in [5.74, 6) is -0.0167. The number of furan rings is 1. The van der Waals surface area contributed by atoms with Crippen molar-refractivity contribution < 1.29 is 13.2 Å². The molecular weight excluding hydrogens is 322 g/mol. The molecule has 0 aliphatic heterocycles. The van der Waals surface area contributed by atoms with Crippen molar-refractivity contribution in [2.45, 2.75) is 6.04 Å². The van der Waals surface area contributed by atoms with Crippen LogP contribution in [0, 0.1) is 11.6 Å². The Balaban J connectivity index is 1.81. The van der Waals surface area contributed by atoms with Crippen molar-refractivity contribution in [2.24, 2.45) is 0 Å². The number of benzene rings is 2. The number of rotatable bonds is 4. The van der Waals surface area contributed by atoms with Gasteiger partial charge >= 0.3 is 0 Å².